The van der Waals surface area contributed by atoms with Crippen molar-refractivity contribution in [3.8, 4) is 17.1 Å². The number of aromatic nitrogens is 4. The van der Waals surface area contributed by atoms with E-state index < -0.39 is 9.84 Å². The predicted molar refractivity (Wildman–Crippen MR) is 125 cm³/mol. The Morgan fingerprint density at radius 3 is 2.69 bits per heavy atom. The van der Waals surface area contributed by atoms with Crippen LogP contribution in [0.2, 0.25) is 5.02 Å². The van der Waals surface area contributed by atoms with Gasteiger partial charge in [0.05, 0.1) is 22.9 Å². The maximum absolute atomic E-state index is 12.8. The quantitative estimate of drug-likeness (QED) is 0.489. The molecule has 0 unspecified atom stereocenters. The van der Waals surface area contributed by atoms with Gasteiger partial charge in [-0.05, 0) is 43.2 Å². The Bertz CT molecular complexity index is 1250. The first-order valence-electron chi connectivity index (χ1n) is 9.97. The number of halogens is 1. The maximum atomic E-state index is 12.8. The molecule has 4 rings (SSSR count). The van der Waals surface area contributed by atoms with E-state index in [0.29, 0.717) is 22.4 Å². The highest BCUT2D eigenvalue weighted by Crippen LogP contribution is 2.31. The molecule has 1 saturated heterocycles. The molecule has 32 heavy (non-hydrogen) atoms. The molecule has 1 aliphatic rings. The standard InChI is InChI=1S/C21H22ClN5O3S2/c1-14-17(22)4-3-5-18(14)27-20(15-6-9-23-10-7-15)24-25-21(27)31-12-19(28)26(2)16-8-11-32(29,30)13-16/h3-7,9-10,16H,8,11-13H2,1-2H3/t16-/m0/s1. The lowest BCUT2D eigenvalue weighted by Gasteiger charge is -2.23. The van der Waals surface area contributed by atoms with Crippen molar-refractivity contribution in [1.29, 1.82) is 0 Å². The van der Waals surface area contributed by atoms with Crippen molar-refractivity contribution in [2.24, 2.45) is 0 Å². The minimum absolute atomic E-state index is 0.0178. The number of amides is 1. The number of pyridine rings is 1. The fourth-order valence-electron chi connectivity index (χ4n) is 3.62. The van der Waals surface area contributed by atoms with E-state index in [-0.39, 0.29) is 29.2 Å². The van der Waals surface area contributed by atoms with Crippen molar-refractivity contribution < 1.29 is 13.2 Å². The number of carbonyl (C=O) groups is 1. The molecule has 1 aliphatic heterocycles. The van der Waals surface area contributed by atoms with Crippen molar-refractivity contribution in [3.63, 3.8) is 0 Å². The Kier molecular flexibility index (Phi) is 6.55. The molecular formula is C21H22ClN5O3S2. The Morgan fingerprint density at radius 1 is 1.25 bits per heavy atom. The van der Waals surface area contributed by atoms with Gasteiger partial charge in [0, 0.05) is 36.1 Å². The fraction of sp³-hybridized carbons (Fsp3) is 0.333. The van der Waals surface area contributed by atoms with Gasteiger partial charge in [-0.1, -0.05) is 29.4 Å². The maximum Gasteiger partial charge on any atom is 0.233 e. The molecule has 0 bridgehead atoms. The van der Waals surface area contributed by atoms with E-state index in [1.807, 2.05) is 41.8 Å². The van der Waals surface area contributed by atoms with Crippen LogP contribution in [0.5, 0.6) is 0 Å². The van der Waals surface area contributed by atoms with Gasteiger partial charge in [-0.2, -0.15) is 0 Å². The van der Waals surface area contributed by atoms with Crippen LogP contribution in [0, 0.1) is 6.92 Å². The van der Waals surface area contributed by atoms with Crippen LogP contribution in [0.4, 0.5) is 0 Å². The van der Waals surface area contributed by atoms with E-state index in [2.05, 4.69) is 15.2 Å². The second-order valence-electron chi connectivity index (χ2n) is 7.61. The third-order valence-electron chi connectivity index (χ3n) is 5.53. The van der Waals surface area contributed by atoms with Crippen LogP contribution in [0.25, 0.3) is 17.1 Å². The predicted octanol–water partition coefficient (Wildman–Crippen LogP) is 3.03. The van der Waals surface area contributed by atoms with Gasteiger partial charge in [-0.25, -0.2) is 8.42 Å². The highest BCUT2D eigenvalue weighted by molar-refractivity contribution is 7.99. The smallest absolute Gasteiger partial charge is 0.233 e. The lowest BCUT2D eigenvalue weighted by molar-refractivity contribution is -0.128. The minimum Gasteiger partial charge on any atom is -0.341 e. The van der Waals surface area contributed by atoms with Crippen molar-refractivity contribution in [2.45, 2.75) is 24.5 Å². The van der Waals surface area contributed by atoms with Gasteiger partial charge in [0.1, 0.15) is 0 Å². The van der Waals surface area contributed by atoms with Crippen molar-refractivity contribution >= 4 is 39.1 Å². The van der Waals surface area contributed by atoms with Crippen LogP contribution in [-0.2, 0) is 14.6 Å². The van der Waals surface area contributed by atoms with Crippen LogP contribution in [0.1, 0.15) is 12.0 Å². The summed E-state index contributed by atoms with van der Waals surface area (Å²) in [6.07, 6.45) is 3.83. The second kappa shape index (κ2) is 9.21. The Hall–Kier alpha value is -2.43. The fourth-order valence-corrected chi connectivity index (χ4v) is 6.43. The van der Waals surface area contributed by atoms with Crippen molar-refractivity contribution in [2.75, 3.05) is 24.3 Å². The molecule has 1 aromatic carbocycles. The molecule has 0 N–H and O–H groups in total. The largest absolute Gasteiger partial charge is 0.341 e. The molecule has 8 nitrogen and oxygen atoms in total. The van der Waals surface area contributed by atoms with Gasteiger partial charge >= 0.3 is 0 Å². The first-order chi connectivity index (χ1) is 15.3. The molecule has 1 fully saturated rings. The highest BCUT2D eigenvalue weighted by Gasteiger charge is 2.32. The molecule has 0 radical (unpaired) electrons. The number of carbonyl (C=O) groups excluding carboxylic acids is 1. The van der Waals surface area contributed by atoms with E-state index in [0.717, 1.165) is 16.8 Å². The number of thioether (sulfide) groups is 1. The summed E-state index contributed by atoms with van der Waals surface area (Å²) in [6.45, 7) is 1.92. The van der Waals surface area contributed by atoms with Gasteiger partial charge in [-0.3, -0.25) is 14.3 Å². The monoisotopic (exact) mass is 491 g/mol. The van der Waals surface area contributed by atoms with Crippen LogP contribution in [-0.4, -0.2) is 69.3 Å². The van der Waals surface area contributed by atoms with Gasteiger partial charge in [0.15, 0.2) is 20.8 Å². The molecule has 3 aromatic rings. The number of rotatable bonds is 6. The summed E-state index contributed by atoms with van der Waals surface area (Å²) in [5.41, 5.74) is 2.52. The lowest BCUT2D eigenvalue weighted by atomic mass is 10.2. The molecule has 11 heteroatoms. The zero-order chi connectivity index (χ0) is 22.9. The summed E-state index contributed by atoms with van der Waals surface area (Å²) in [5.74, 6) is 0.716. The average Bonchev–Trinajstić information content (AvgIpc) is 3.37. The molecular weight excluding hydrogens is 470 g/mol. The Labute approximate surface area is 195 Å². The molecule has 3 heterocycles. The number of hydrogen-bond acceptors (Lipinski definition) is 7. The summed E-state index contributed by atoms with van der Waals surface area (Å²) in [7, 11) is -1.41. The molecule has 1 atom stereocenters. The van der Waals surface area contributed by atoms with E-state index >= 15 is 0 Å². The Balaban J connectivity index is 1.62. The molecule has 168 valence electrons. The number of nitrogens with zero attached hydrogens (tertiary/aromatic N) is 5. The Morgan fingerprint density at radius 2 is 2.00 bits per heavy atom. The van der Waals surface area contributed by atoms with Crippen molar-refractivity contribution in [1.82, 2.24) is 24.6 Å². The third-order valence-corrected chi connectivity index (χ3v) is 8.60. The zero-order valence-electron chi connectivity index (χ0n) is 17.6. The minimum atomic E-state index is -3.06. The topological polar surface area (TPSA) is 98.1 Å². The summed E-state index contributed by atoms with van der Waals surface area (Å²) in [5, 5.41) is 9.87. The van der Waals surface area contributed by atoms with E-state index in [1.54, 1.807) is 19.4 Å². The van der Waals surface area contributed by atoms with Crippen molar-refractivity contribution in [3.05, 3.63) is 53.3 Å². The van der Waals surface area contributed by atoms with Crippen LogP contribution in [0.15, 0.2) is 47.9 Å². The van der Waals surface area contributed by atoms with E-state index in [1.165, 1.54) is 16.7 Å². The number of hydrogen-bond donors (Lipinski definition) is 0. The summed E-state index contributed by atoms with van der Waals surface area (Å²) in [4.78, 5) is 18.4. The van der Waals surface area contributed by atoms with Gasteiger partial charge in [0.25, 0.3) is 0 Å². The third kappa shape index (κ3) is 4.67. The van der Waals surface area contributed by atoms with Gasteiger partial charge in [0.2, 0.25) is 5.91 Å². The molecule has 0 aliphatic carbocycles. The SMILES string of the molecule is Cc1c(Cl)cccc1-n1c(SCC(=O)N(C)[C@H]2CCS(=O)(=O)C2)nnc1-c1ccncc1. The van der Waals surface area contributed by atoms with Gasteiger partial charge in [-0.15, -0.1) is 10.2 Å². The lowest BCUT2D eigenvalue weighted by Crippen LogP contribution is -2.38. The highest BCUT2D eigenvalue weighted by atomic mass is 35.5. The van der Waals surface area contributed by atoms with E-state index in [4.69, 9.17) is 11.6 Å². The average molecular weight is 492 g/mol. The number of sulfone groups is 1. The van der Waals surface area contributed by atoms with Crippen LogP contribution < -0.4 is 0 Å². The first kappa shape index (κ1) is 22.8. The summed E-state index contributed by atoms with van der Waals surface area (Å²) >= 11 is 7.62. The summed E-state index contributed by atoms with van der Waals surface area (Å²) in [6, 6.07) is 9.00. The molecule has 0 saturated carbocycles. The zero-order valence-corrected chi connectivity index (χ0v) is 20.0. The second-order valence-corrected chi connectivity index (χ2v) is 11.2. The molecule has 1 amide bonds. The van der Waals surface area contributed by atoms with Crippen LogP contribution >= 0.6 is 23.4 Å². The summed E-state index contributed by atoms with van der Waals surface area (Å²) < 4.78 is 25.4. The normalized spacial score (nSPS) is 17.4. The molecule has 2 aromatic heterocycles. The molecule has 0 spiro atoms. The first-order valence-corrected chi connectivity index (χ1v) is 13.2. The number of benzene rings is 1. The van der Waals surface area contributed by atoms with E-state index in [9.17, 15) is 13.2 Å². The van der Waals surface area contributed by atoms with Gasteiger partial charge < -0.3 is 4.90 Å². The van der Waals surface area contributed by atoms with Crippen LogP contribution in [0.3, 0.4) is 0 Å².